The molecule has 1 aromatic heterocycles. The molecule has 0 unspecified atom stereocenters. The lowest BCUT2D eigenvalue weighted by Crippen LogP contribution is -2.32. The molecule has 140 valence electrons. The van der Waals surface area contributed by atoms with Gasteiger partial charge in [0.2, 0.25) is 15.9 Å². The molecule has 1 amide bonds. The van der Waals surface area contributed by atoms with Gasteiger partial charge in [0.15, 0.2) is 5.16 Å². The molecule has 26 heavy (non-hydrogen) atoms. The van der Waals surface area contributed by atoms with Crippen molar-refractivity contribution in [3.63, 3.8) is 0 Å². The van der Waals surface area contributed by atoms with E-state index in [9.17, 15) is 13.2 Å². The minimum atomic E-state index is -3.79. The Kier molecular flexibility index (Phi) is 6.63. The molecule has 2 aromatic rings. The Hall–Kier alpha value is -2.10. The highest BCUT2D eigenvalue weighted by Crippen LogP contribution is 2.26. The molecule has 1 aromatic carbocycles. The van der Waals surface area contributed by atoms with E-state index in [0.29, 0.717) is 30.3 Å². The van der Waals surface area contributed by atoms with Gasteiger partial charge in [-0.25, -0.2) is 18.5 Å². The van der Waals surface area contributed by atoms with Crippen LogP contribution < -0.4 is 5.14 Å². The van der Waals surface area contributed by atoms with Crippen LogP contribution in [0.5, 0.6) is 0 Å². The number of sulfonamides is 1. The van der Waals surface area contributed by atoms with E-state index in [1.165, 1.54) is 23.9 Å². The summed E-state index contributed by atoms with van der Waals surface area (Å²) in [5, 5.41) is 5.83. The van der Waals surface area contributed by atoms with Crippen LogP contribution in [0.25, 0.3) is 11.0 Å². The molecule has 0 bridgehead atoms. The lowest BCUT2D eigenvalue weighted by molar-refractivity contribution is -0.127. The molecule has 2 N–H and O–H groups in total. The van der Waals surface area contributed by atoms with Crippen LogP contribution in [-0.4, -0.2) is 47.6 Å². The van der Waals surface area contributed by atoms with E-state index in [-0.39, 0.29) is 16.6 Å². The summed E-state index contributed by atoms with van der Waals surface area (Å²) in [6.45, 7) is 10.8. The quantitative estimate of drug-likeness (QED) is 0.518. The summed E-state index contributed by atoms with van der Waals surface area (Å²) in [6, 6.07) is 4.59. The van der Waals surface area contributed by atoms with Crippen molar-refractivity contribution >= 4 is 38.7 Å². The number of imidazole rings is 1. The summed E-state index contributed by atoms with van der Waals surface area (Å²) in [7, 11) is -3.79. The first kappa shape index (κ1) is 20.2. The normalized spacial score (nSPS) is 11.5. The van der Waals surface area contributed by atoms with E-state index in [1.807, 2.05) is 11.5 Å². The standard InChI is InChI=1S/C17H22N4O3S2/c1-4-9-20(10-5-2)16(22)12-25-17-19-14-11-13(26(18,23)24)7-8-15(14)21(17)6-3/h4-5,7-8,11H,1-2,6,9-10,12H2,3H3,(H2,18,23,24). The van der Waals surface area contributed by atoms with Crippen LogP contribution in [0.2, 0.25) is 0 Å². The number of nitrogens with two attached hydrogens (primary N) is 1. The Bertz CT molecular complexity index is 925. The van der Waals surface area contributed by atoms with Crippen LogP contribution in [0.1, 0.15) is 6.92 Å². The molecule has 0 fully saturated rings. The van der Waals surface area contributed by atoms with Crippen LogP contribution in [0.3, 0.4) is 0 Å². The molecule has 0 saturated heterocycles. The van der Waals surface area contributed by atoms with Gasteiger partial charge in [-0.3, -0.25) is 4.79 Å². The number of primary sulfonamides is 1. The third-order valence-electron chi connectivity index (χ3n) is 3.71. The number of rotatable bonds is 9. The molecule has 0 atom stereocenters. The van der Waals surface area contributed by atoms with Gasteiger partial charge in [-0.2, -0.15) is 0 Å². The number of carbonyl (C=O) groups excluding carboxylic acids is 1. The minimum Gasteiger partial charge on any atom is -0.335 e. The van der Waals surface area contributed by atoms with Gasteiger partial charge in [0.05, 0.1) is 21.7 Å². The number of hydrogen-bond acceptors (Lipinski definition) is 5. The van der Waals surface area contributed by atoms with E-state index >= 15 is 0 Å². The molecule has 0 aliphatic rings. The fraction of sp³-hybridized carbons (Fsp3) is 0.294. The topological polar surface area (TPSA) is 98.3 Å². The van der Waals surface area contributed by atoms with E-state index in [4.69, 9.17) is 5.14 Å². The maximum atomic E-state index is 12.4. The fourth-order valence-corrected chi connectivity index (χ4v) is 4.00. The van der Waals surface area contributed by atoms with Gasteiger partial charge in [0, 0.05) is 19.6 Å². The van der Waals surface area contributed by atoms with Crippen molar-refractivity contribution in [2.45, 2.75) is 23.5 Å². The molecule has 0 spiro atoms. The zero-order valence-corrected chi connectivity index (χ0v) is 16.2. The third-order valence-corrected chi connectivity index (χ3v) is 5.58. The predicted octanol–water partition coefficient (Wildman–Crippen LogP) is 2.00. The van der Waals surface area contributed by atoms with Crippen molar-refractivity contribution in [1.29, 1.82) is 0 Å². The van der Waals surface area contributed by atoms with Crippen LogP contribution in [0, 0.1) is 0 Å². The average molecular weight is 395 g/mol. The summed E-state index contributed by atoms with van der Waals surface area (Å²) in [5.74, 6) is 0.169. The minimum absolute atomic E-state index is 0.0153. The molecular weight excluding hydrogens is 372 g/mol. The van der Waals surface area contributed by atoms with Crippen LogP contribution in [0.15, 0.2) is 53.6 Å². The number of aryl methyl sites for hydroxylation is 1. The first-order chi connectivity index (χ1) is 12.3. The number of thioether (sulfide) groups is 1. The molecule has 7 nitrogen and oxygen atoms in total. The van der Waals surface area contributed by atoms with Crippen molar-refractivity contribution in [3.05, 3.63) is 43.5 Å². The summed E-state index contributed by atoms with van der Waals surface area (Å²) in [4.78, 5) is 18.5. The largest absolute Gasteiger partial charge is 0.335 e. The van der Waals surface area contributed by atoms with Gasteiger partial charge >= 0.3 is 0 Å². The van der Waals surface area contributed by atoms with Crippen molar-refractivity contribution < 1.29 is 13.2 Å². The highest BCUT2D eigenvalue weighted by atomic mass is 32.2. The number of aromatic nitrogens is 2. The number of benzene rings is 1. The first-order valence-electron chi connectivity index (χ1n) is 7.97. The zero-order chi connectivity index (χ0) is 19.3. The Labute approximate surface area is 157 Å². The van der Waals surface area contributed by atoms with Gasteiger partial charge < -0.3 is 9.47 Å². The lowest BCUT2D eigenvalue weighted by atomic mass is 10.3. The predicted molar refractivity (Wildman–Crippen MR) is 104 cm³/mol. The second kappa shape index (κ2) is 8.52. The number of carbonyl (C=O) groups is 1. The molecular formula is C17H22N4O3S2. The van der Waals surface area contributed by atoms with Gasteiger partial charge in [-0.1, -0.05) is 23.9 Å². The Balaban J connectivity index is 2.27. The number of fused-ring (bicyclic) bond motifs is 1. The van der Waals surface area contributed by atoms with E-state index in [1.54, 1.807) is 23.1 Å². The van der Waals surface area contributed by atoms with Crippen molar-refractivity contribution in [2.75, 3.05) is 18.8 Å². The number of hydrogen-bond donors (Lipinski definition) is 1. The molecule has 0 aliphatic heterocycles. The Morgan fingerprint density at radius 3 is 2.54 bits per heavy atom. The van der Waals surface area contributed by atoms with Crippen LogP contribution >= 0.6 is 11.8 Å². The van der Waals surface area contributed by atoms with Gasteiger partial charge in [-0.15, -0.1) is 13.2 Å². The number of nitrogens with zero attached hydrogens (tertiary/aromatic N) is 3. The third kappa shape index (κ3) is 4.54. The molecule has 9 heteroatoms. The lowest BCUT2D eigenvalue weighted by Gasteiger charge is -2.18. The van der Waals surface area contributed by atoms with Crippen LogP contribution in [-0.2, 0) is 21.4 Å². The molecule has 0 aliphatic carbocycles. The van der Waals surface area contributed by atoms with Crippen LogP contribution in [0.4, 0.5) is 0 Å². The van der Waals surface area contributed by atoms with Crippen molar-refractivity contribution in [2.24, 2.45) is 5.14 Å². The second-order valence-electron chi connectivity index (χ2n) is 5.50. The SMILES string of the molecule is C=CCN(CC=C)C(=O)CSc1nc2cc(S(N)(=O)=O)ccc2n1CC. The number of amides is 1. The van der Waals surface area contributed by atoms with Gasteiger partial charge in [0.25, 0.3) is 0 Å². The Morgan fingerprint density at radius 2 is 2.00 bits per heavy atom. The van der Waals surface area contributed by atoms with E-state index in [2.05, 4.69) is 18.1 Å². The smallest absolute Gasteiger partial charge is 0.238 e. The summed E-state index contributed by atoms with van der Waals surface area (Å²) >= 11 is 1.31. The second-order valence-corrected chi connectivity index (χ2v) is 8.00. The molecule has 1 heterocycles. The first-order valence-corrected chi connectivity index (χ1v) is 10.5. The van der Waals surface area contributed by atoms with Crippen molar-refractivity contribution in [1.82, 2.24) is 14.5 Å². The van der Waals surface area contributed by atoms with Crippen molar-refractivity contribution in [3.8, 4) is 0 Å². The maximum absolute atomic E-state index is 12.4. The van der Waals surface area contributed by atoms with E-state index < -0.39 is 10.0 Å². The average Bonchev–Trinajstić information content (AvgIpc) is 2.95. The zero-order valence-electron chi connectivity index (χ0n) is 14.6. The summed E-state index contributed by atoms with van der Waals surface area (Å²) < 4.78 is 25.0. The van der Waals surface area contributed by atoms with Gasteiger partial charge in [-0.05, 0) is 25.1 Å². The van der Waals surface area contributed by atoms with E-state index in [0.717, 1.165) is 5.52 Å². The highest BCUT2D eigenvalue weighted by molar-refractivity contribution is 7.99. The summed E-state index contributed by atoms with van der Waals surface area (Å²) in [6.07, 6.45) is 3.34. The molecule has 0 radical (unpaired) electrons. The maximum Gasteiger partial charge on any atom is 0.238 e. The Morgan fingerprint density at radius 1 is 1.35 bits per heavy atom. The fourth-order valence-electron chi connectivity index (χ4n) is 2.49. The summed E-state index contributed by atoms with van der Waals surface area (Å²) in [5.41, 5.74) is 1.33. The molecule has 0 saturated carbocycles. The van der Waals surface area contributed by atoms with Gasteiger partial charge in [0.1, 0.15) is 0 Å². The molecule has 2 rings (SSSR count). The monoisotopic (exact) mass is 394 g/mol. The highest BCUT2D eigenvalue weighted by Gasteiger charge is 2.17.